The summed E-state index contributed by atoms with van der Waals surface area (Å²) in [5.41, 5.74) is 0. The first kappa shape index (κ1) is 51.0. The highest BCUT2D eigenvalue weighted by Gasteiger charge is 2.24. The van der Waals surface area contributed by atoms with Crippen LogP contribution in [-0.2, 0) is 32.7 Å². The summed E-state index contributed by atoms with van der Waals surface area (Å²) in [5.74, 6) is -0.894. The second kappa shape index (κ2) is 39.7. The number of carbonyl (C=O) groups excluding carboxylic acids is 2. The Hall–Kier alpha value is -1.99. The number of carbonyl (C=O) groups is 2. The van der Waals surface area contributed by atoms with Gasteiger partial charge >= 0.3 is 19.8 Å². The molecule has 0 fully saturated rings. The molecule has 53 heavy (non-hydrogen) atoms. The predicted molar refractivity (Wildman–Crippen MR) is 221 cm³/mol. The minimum absolute atomic E-state index is 0.124. The molecule has 308 valence electrons. The van der Waals surface area contributed by atoms with Gasteiger partial charge in [0, 0.05) is 20.0 Å². The molecule has 0 aromatic carbocycles. The van der Waals surface area contributed by atoms with Crippen molar-refractivity contribution < 1.29 is 37.6 Å². The Bertz CT molecular complexity index is 1010. The van der Waals surface area contributed by atoms with Gasteiger partial charge in [-0.2, -0.15) is 0 Å². The highest BCUT2D eigenvalue weighted by molar-refractivity contribution is 7.47. The fourth-order valence-corrected chi connectivity index (χ4v) is 6.31. The van der Waals surface area contributed by atoms with Gasteiger partial charge in [0.05, 0.1) is 6.61 Å². The van der Waals surface area contributed by atoms with Crippen molar-refractivity contribution in [3.05, 3.63) is 48.6 Å². The Labute approximate surface area is 325 Å². The number of phosphoric ester groups is 1. The van der Waals surface area contributed by atoms with E-state index in [0.29, 0.717) is 6.42 Å². The average Bonchev–Trinajstić information content (AvgIpc) is 3.15. The van der Waals surface area contributed by atoms with Gasteiger partial charge in [-0.3, -0.25) is 18.6 Å². The van der Waals surface area contributed by atoms with E-state index < -0.39 is 26.5 Å². The second-order valence-electron chi connectivity index (χ2n) is 14.1. The van der Waals surface area contributed by atoms with E-state index in [4.69, 9.17) is 14.0 Å². The summed E-state index contributed by atoms with van der Waals surface area (Å²) in [6.45, 7) is 3.72. The lowest BCUT2D eigenvalue weighted by atomic mass is 10.0. The molecule has 0 aliphatic heterocycles. The number of unbranched alkanes of at least 4 members (excludes halogenated alkanes) is 20. The summed E-state index contributed by atoms with van der Waals surface area (Å²) in [7, 11) is -3.23. The van der Waals surface area contributed by atoms with Crippen LogP contribution in [-0.4, -0.2) is 43.3 Å². The number of hydrogen-bond acceptors (Lipinski definition) is 7. The Kier molecular flexibility index (Phi) is 38.2. The van der Waals surface area contributed by atoms with Gasteiger partial charge < -0.3 is 14.4 Å². The van der Waals surface area contributed by atoms with Crippen molar-refractivity contribution in [2.75, 3.05) is 20.3 Å². The first-order chi connectivity index (χ1) is 25.8. The van der Waals surface area contributed by atoms with E-state index in [2.05, 4.69) is 54.8 Å². The molecular weight excluding hydrogens is 687 g/mol. The van der Waals surface area contributed by atoms with Crippen molar-refractivity contribution in [2.24, 2.45) is 0 Å². The molecule has 0 spiro atoms. The molecule has 8 nitrogen and oxygen atoms in total. The van der Waals surface area contributed by atoms with Crippen LogP contribution in [0.15, 0.2) is 48.6 Å². The van der Waals surface area contributed by atoms with Crippen molar-refractivity contribution in [3.8, 4) is 0 Å². The van der Waals surface area contributed by atoms with Crippen LogP contribution in [0.1, 0.15) is 194 Å². The van der Waals surface area contributed by atoms with E-state index in [0.717, 1.165) is 52.1 Å². The summed E-state index contributed by atoms with van der Waals surface area (Å²) in [6, 6.07) is 0. The molecular formula is C44H79O8P. The standard InChI is InChI=1S/C44H79O8P/c1-4-6-8-10-12-14-16-18-19-20-21-22-23-24-25-27-28-30-32-34-36-38-43(45)50-40-42(41-51-53(47,48)49-3)52-44(46)39-37-35-33-31-29-26-17-15-13-11-9-7-5-2/h7,9,13,15,26,29,33,35,42H,4-6,8,10-12,14,16-25,27-28,30-32,34,36-41H2,1-3H3,(H,47,48)/b9-7-,15-13-,29-26-,35-33-. The van der Waals surface area contributed by atoms with Crippen LogP contribution in [0.4, 0.5) is 0 Å². The molecule has 0 saturated heterocycles. The van der Waals surface area contributed by atoms with E-state index in [1.54, 1.807) is 0 Å². The lowest BCUT2D eigenvalue weighted by Crippen LogP contribution is -2.29. The monoisotopic (exact) mass is 767 g/mol. The van der Waals surface area contributed by atoms with Crippen LogP contribution in [0.2, 0.25) is 0 Å². The first-order valence-electron chi connectivity index (χ1n) is 21.3. The first-order valence-corrected chi connectivity index (χ1v) is 22.8. The average molecular weight is 767 g/mol. The van der Waals surface area contributed by atoms with E-state index in [1.807, 2.05) is 12.2 Å². The Morgan fingerprint density at radius 2 is 0.962 bits per heavy atom. The van der Waals surface area contributed by atoms with Crippen LogP contribution >= 0.6 is 7.82 Å². The number of phosphoric acid groups is 1. The normalized spacial score (nSPS) is 13.8. The van der Waals surface area contributed by atoms with Crippen LogP contribution in [0.3, 0.4) is 0 Å². The number of allylic oxidation sites excluding steroid dienone is 8. The highest BCUT2D eigenvalue weighted by Crippen LogP contribution is 2.42. The zero-order valence-electron chi connectivity index (χ0n) is 34.2. The van der Waals surface area contributed by atoms with Crippen LogP contribution in [0, 0.1) is 0 Å². The quantitative estimate of drug-likeness (QED) is 0.0285. The molecule has 0 radical (unpaired) electrons. The molecule has 0 rings (SSSR count). The molecule has 0 aliphatic carbocycles. The third-order valence-corrected chi connectivity index (χ3v) is 10.0. The van der Waals surface area contributed by atoms with Gasteiger partial charge in [-0.05, 0) is 38.5 Å². The Balaban J connectivity index is 3.98. The van der Waals surface area contributed by atoms with Crippen molar-refractivity contribution in [1.82, 2.24) is 0 Å². The Morgan fingerprint density at radius 1 is 0.547 bits per heavy atom. The zero-order chi connectivity index (χ0) is 38.9. The van der Waals surface area contributed by atoms with Crippen molar-refractivity contribution in [3.63, 3.8) is 0 Å². The lowest BCUT2D eigenvalue weighted by Gasteiger charge is -2.19. The van der Waals surface area contributed by atoms with E-state index >= 15 is 0 Å². The van der Waals surface area contributed by atoms with Gasteiger partial charge in [0.2, 0.25) is 0 Å². The van der Waals surface area contributed by atoms with Gasteiger partial charge in [0.15, 0.2) is 6.10 Å². The van der Waals surface area contributed by atoms with Crippen LogP contribution < -0.4 is 0 Å². The summed E-state index contributed by atoms with van der Waals surface area (Å²) in [4.78, 5) is 34.4. The topological polar surface area (TPSA) is 108 Å². The fourth-order valence-electron chi connectivity index (χ4n) is 5.85. The number of esters is 2. The largest absolute Gasteiger partial charge is 0.472 e. The predicted octanol–water partition coefficient (Wildman–Crippen LogP) is 13.4. The Morgan fingerprint density at radius 3 is 1.40 bits per heavy atom. The number of hydrogen-bond donors (Lipinski definition) is 1. The minimum Gasteiger partial charge on any atom is -0.462 e. The van der Waals surface area contributed by atoms with Crippen molar-refractivity contribution >= 4 is 19.8 Å². The molecule has 0 bridgehead atoms. The highest BCUT2D eigenvalue weighted by atomic mass is 31.2. The molecule has 1 N–H and O–H groups in total. The fraction of sp³-hybridized carbons (Fsp3) is 0.773. The van der Waals surface area contributed by atoms with Crippen LogP contribution in [0.25, 0.3) is 0 Å². The van der Waals surface area contributed by atoms with Gasteiger partial charge in [-0.25, -0.2) is 4.57 Å². The number of ether oxygens (including phenoxy) is 2. The van der Waals surface area contributed by atoms with Crippen molar-refractivity contribution in [1.29, 1.82) is 0 Å². The molecule has 0 saturated carbocycles. The van der Waals surface area contributed by atoms with Gasteiger partial charge in [0.25, 0.3) is 0 Å². The van der Waals surface area contributed by atoms with Crippen molar-refractivity contribution in [2.45, 2.75) is 200 Å². The molecule has 0 aromatic heterocycles. The molecule has 2 atom stereocenters. The van der Waals surface area contributed by atoms with Gasteiger partial charge in [-0.15, -0.1) is 0 Å². The molecule has 0 heterocycles. The SMILES string of the molecule is CC/C=C\C/C=C\C/C=C\C/C=C\CCC(=O)OC(COC(=O)CCCCCCCCCCCCCCCCCCCCCCC)COP(=O)(O)OC. The zero-order valence-corrected chi connectivity index (χ0v) is 35.1. The number of rotatable bonds is 39. The third-order valence-electron chi connectivity index (χ3n) is 9.10. The van der Waals surface area contributed by atoms with Gasteiger partial charge in [-0.1, -0.05) is 191 Å². The summed E-state index contributed by atoms with van der Waals surface area (Å²) in [5, 5.41) is 0. The molecule has 9 heteroatoms. The lowest BCUT2D eigenvalue weighted by molar-refractivity contribution is -0.161. The summed E-state index contributed by atoms with van der Waals surface area (Å²) in [6.07, 6.45) is 47.7. The second-order valence-corrected chi connectivity index (χ2v) is 15.7. The molecule has 0 aliphatic rings. The van der Waals surface area contributed by atoms with Crippen LogP contribution in [0.5, 0.6) is 0 Å². The van der Waals surface area contributed by atoms with Gasteiger partial charge in [0.1, 0.15) is 6.61 Å². The maximum Gasteiger partial charge on any atom is 0.472 e. The molecule has 0 aromatic rings. The summed E-state index contributed by atoms with van der Waals surface area (Å²) < 4.78 is 31.9. The molecule has 2 unspecified atom stereocenters. The van der Waals surface area contributed by atoms with E-state index in [-0.39, 0.29) is 25.4 Å². The smallest absolute Gasteiger partial charge is 0.462 e. The maximum absolute atomic E-state index is 12.4. The maximum atomic E-state index is 12.4. The molecule has 0 amide bonds. The third kappa shape index (κ3) is 39.5. The summed E-state index contributed by atoms with van der Waals surface area (Å²) >= 11 is 0. The minimum atomic E-state index is -4.28. The van der Waals surface area contributed by atoms with E-state index in [1.165, 1.54) is 116 Å². The van der Waals surface area contributed by atoms with E-state index in [9.17, 15) is 19.0 Å².